The summed E-state index contributed by atoms with van der Waals surface area (Å²) in [5, 5.41) is 0.267. The van der Waals surface area contributed by atoms with Crippen LogP contribution in [-0.2, 0) is 4.79 Å². The minimum Gasteiger partial charge on any atom is -0.457 e. The Hall–Kier alpha value is -2.50. The highest BCUT2D eigenvalue weighted by atomic mass is 35.5. The summed E-state index contributed by atoms with van der Waals surface area (Å²) in [5.74, 6) is 1.28. The van der Waals surface area contributed by atoms with E-state index in [1.54, 1.807) is 59.5 Å². The third-order valence-corrected chi connectivity index (χ3v) is 5.65. The summed E-state index contributed by atoms with van der Waals surface area (Å²) in [6, 6.07) is 20.8. The minimum atomic E-state index is -0.373. The van der Waals surface area contributed by atoms with Crippen molar-refractivity contribution in [3.63, 3.8) is 0 Å². The fraction of sp³-hybridized carbons (Fsp3) is 0.0952. The fourth-order valence-corrected chi connectivity index (χ4v) is 4.25. The molecule has 1 saturated heterocycles. The van der Waals surface area contributed by atoms with Gasteiger partial charge in [-0.05, 0) is 54.6 Å². The minimum absolute atomic E-state index is 0.0420. The second-order valence-electron chi connectivity index (χ2n) is 6.00. The molecule has 0 bridgehead atoms. The molecule has 0 radical (unpaired) electrons. The maximum Gasteiger partial charge on any atom is 0.238 e. The summed E-state index contributed by atoms with van der Waals surface area (Å²) in [6.45, 7) is 0. The average molecular weight is 400 g/mol. The van der Waals surface area contributed by atoms with Gasteiger partial charge in [0.15, 0.2) is 0 Å². The topological polar surface area (TPSA) is 29.5 Å². The van der Waals surface area contributed by atoms with Gasteiger partial charge < -0.3 is 4.74 Å². The van der Waals surface area contributed by atoms with Gasteiger partial charge >= 0.3 is 0 Å². The Labute approximate surface area is 165 Å². The molecular formula is C21H15ClFNO2S. The van der Waals surface area contributed by atoms with E-state index in [-0.39, 0.29) is 17.1 Å². The molecule has 0 N–H and O–H groups in total. The highest BCUT2D eigenvalue weighted by Crippen LogP contribution is 2.42. The van der Waals surface area contributed by atoms with Crippen LogP contribution in [0.5, 0.6) is 11.5 Å². The number of hydrogen-bond acceptors (Lipinski definition) is 3. The van der Waals surface area contributed by atoms with Gasteiger partial charge in [0.05, 0.1) is 5.75 Å². The van der Waals surface area contributed by atoms with Gasteiger partial charge in [-0.3, -0.25) is 9.69 Å². The lowest BCUT2D eigenvalue weighted by Crippen LogP contribution is -2.28. The summed E-state index contributed by atoms with van der Waals surface area (Å²) < 4.78 is 20.0. The second-order valence-corrected chi connectivity index (χ2v) is 7.50. The fourth-order valence-electron chi connectivity index (χ4n) is 2.92. The predicted molar refractivity (Wildman–Crippen MR) is 107 cm³/mol. The molecule has 1 aliphatic rings. The van der Waals surface area contributed by atoms with Crippen LogP contribution in [0, 0.1) is 5.82 Å². The number of anilines is 1. The van der Waals surface area contributed by atoms with Gasteiger partial charge in [-0.15, -0.1) is 11.8 Å². The average Bonchev–Trinajstić information content (AvgIpc) is 3.06. The largest absolute Gasteiger partial charge is 0.457 e. The number of benzene rings is 3. The third kappa shape index (κ3) is 3.80. The molecule has 6 heteroatoms. The van der Waals surface area contributed by atoms with Crippen LogP contribution in [0.3, 0.4) is 0 Å². The molecular weight excluding hydrogens is 385 g/mol. The zero-order valence-corrected chi connectivity index (χ0v) is 15.7. The zero-order valence-electron chi connectivity index (χ0n) is 14.1. The number of nitrogens with zero attached hydrogens (tertiary/aromatic N) is 1. The molecule has 1 heterocycles. The summed E-state index contributed by atoms with van der Waals surface area (Å²) in [6.07, 6.45) is 0. The van der Waals surface area contributed by atoms with E-state index < -0.39 is 0 Å². The standard InChI is InChI=1S/C21H15ClFNO2S/c22-14-5-9-16(10-6-14)26-17-11-7-15(8-12-17)24-20(25)13-27-21(24)18-3-1-2-4-19(18)23/h1-12,21H,13H2/t21-/m1/s1. The molecule has 1 aliphatic heterocycles. The Morgan fingerprint density at radius 2 is 1.59 bits per heavy atom. The lowest BCUT2D eigenvalue weighted by Gasteiger charge is -2.24. The molecule has 0 aromatic heterocycles. The Morgan fingerprint density at radius 1 is 0.963 bits per heavy atom. The van der Waals surface area contributed by atoms with Crippen LogP contribution in [0.1, 0.15) is 10.9 Å². The molecule has 3 aromatic rings. The molecule has 136 valence electrons. The van der Waals surface area contributed by atoms with Crippen LogP contribution in [-0.4, -0.2) is 11.7 Å². The van der Waals surface area contributed by atoms with Gasteiger partial charge in [-0.2, -0.15) is 0 Å². The van der Waals surface area contributed by atoms with Crippen molar-refractivity contribution in [1.82, 2.24) is 0 Å². The Bertz CT molecular complexity index is 963. The molecule has 1 atom stereocenters. The van der Waals surface area contributed by atoms with Crippen LogP contribution in [0.2, 0.25) is 5.02 Å². The quantitative estimate of drug-likeness (QED) is 0.534. The van der Waals surface area contributed by atoms with E-state index in [9.17, 15) is 9.18 Å². The van der Waals surface area contributed by atoms with Gasteiger partial charge in [0.2, 0.25) is 5.91 Å². The SMILES string of the molecule is O=C1CS[C@H](c2ccccc2F)N1c1ccc(Oc2ccc(Cl)cc2)cc1. The van der Waals surface area contributed by atoms with E-state index in [0.29, 0.717) is 33.5 Å². The van der Waals surface area contributed by atoms with E-state index in [1.807, 2.05) is 12.1 Å². The number of rotatable bonds is 4. The van der Waals surface area contributed by atoms with Crippen molar-refractivity contribution >= 4 is 35.0 Å². The number of carbonyl (C=O) groups is 1. The molecule has 3 nitrogen and oxygen atoms in total. The zero-order chi connectivity index (χ0) is 18.8. The number of hydrogen-bond donors (Lipinski definition) is 0. The maximum atomic E-state index is 14.2. The summed E-state index contributed by atoms with van der Waals surface area (Å²) in [4.78, 5) is 14.1. The number of ether oxygens (including phenoxy) is 1. The van der Waals surface area contributed by atoms with E-state index in [4.69, 9.17) is 16.3 Å². The maximum absolute atomic E-state index is 14.2. The highest BCUT2D eigenvalue weighted by Gasteiger charge is 2.35. The van der Waals surface area contributed by atoms with E-state index in [1.165, 1.54) is 17.8 Å². The lowest BCUT2D eigenvalue weighted by atomic mass is 10.1. The third-order valence-electron chi connectivity index (χ3n) is 4.20. The molecule has 0 saturated carbocycles. The molecule has 0 aliphatic carbocycles. The molecule has 27 heavy (non-hydrogen) atoms. The van der Waals surface area contributed by atoms with Crippen molar-refractivity contribution in [2.75, 3.05) is 10.7 Å². The molecule has 1 fully saturated rings. The van der Waals surface area contributed by atoms with E-state index in [2.05, 4.69) is 0 Å². The second kappa shape index (κ2) is 7.62. The lowest BCUT2D eigenvalue weighted by molar-refractivity contribution is -0.115. The molecule has 0 unspecified atom stereocenters. The summed E-state index contributed by atoms with van der Waals surface area (Å²) >= 11 is 7.30. The first-order chi connectivity index (χ1) is 13.1. The van der Waals surface area contributed by atoms with Crippen molar-refractivity contribution in [2.24, 2.45) is 0 Å². The predicted octanol–water partition coefficient (Wildman–Crippen LogP) is 6.05. The van der Waals surface area contributed by atoms with Crippen LogP contribution >= 0.6 is 23.4 Å². The van der Waals surface area contributed by atoms with Crippen molar-refractivity contribution in [2.45, 2.75) is 5.37 Å². The molecule has 0 spiro atoms. The van der Waals surface area contributed by atoms with Crippen LogP contribution in [0.15, 0.2) is 72.8 Å². The first-order valence-electron chi connectivity index (χ1n) is 8.33. The van der Waals surface area contributed by atoms with Crippen molar-refractivity contribution < 1.29 is 13.9 Å². The van der Waals surface area contributed by atoms with Gasteiger partial charge in [0, 0.05) is 16.3 Å². The van der Waals surface area contributed by atoms with Gasteiger partial charge in [0.25, 0.3) is 0 Å². The molecule has 1 amide bonds. The monoisotopic (exact) mass is 399 g/mol. The van der Waals surface area contributed by atoms with Crippen LogP contribution in [0.4, 0.5) is 10.1 Å². The molecule has 4 rings (SSSR count). The van der Waals surface area contributed by atoms with Crippen molar-refractivity contribution in [3.05, 3.63) is 89.2 Å². The summed E-state index contributed by atoms with van der Waals surface area (Å²) in [7, 11) is 0. The number of carbonyl (C=O) groups excluding carboxylic acids is 1. The Morgan fingerprint density at radius 3 is 2.26 bits per heavy atom. The van der Waals surface area contributed by atoms with E-state index in [0.717, 1.165) is 0 Å². The van der Waals surface area contributed by atoms with Gasteiger partial charge in [0.1, 0.15) is 22.7 Å². The first-order valence-corrected chi connectivity index (χ1v) is 9.76. The first kappa shape index (κ1) is 17.9. The number of amides is 1. The number of halogens is 2. The summed E-state index contributed by atoms with van der Waals surface area (Å²) in [5.41, 5.74) is 1.22. The normalized spacial score (nSPS) is 16.6. The van der Waals surface area contributed by atoms with Gasteiger partial charge in [-0.25, -0.2) is 4.39 Å². The van der Waals surface area contributed by atoms with E-state index >= 15 is 0 Å². The van der Waals surface area contributed by atoms with Gasteiger partial charge in [-0.1, -0.05) is 29.8 Å². The van der Waals surface area contributed by atoms with Crippen molar-refractivity contribution in [1.29, 1.82) is 0 Å². The number of thioether (sulfide) groups is 1. The highest BCUT2D eigenvalue weighted by molar-refractivity contribution is 8.00. The Kier molecular flexibility index (Phi) is 5.05. The van der Waals surface area contributed by atoms with Crippen LogP contribution in [0.25, 0.3) is 0 Å². The molecule has 3 aromatic carbocycles. The van der Waals surface area contributed by atoms with Crippen molar-refractivity contribution in [3.8, 4) is 11.5 Å². The Balaban J connectivity index is 1.57. The smallest absolute Gasteiger partial charge is 0.238 e. The van der Waals surface area contributed by atoms with Crippen LogP contribution < -0.4 is 9.64 Å².